The molecule has 2 aliphatic heterocycles. The van der Waals surface area contributed by atoms with Crippen LogP contribution in [0.3, 0.4) is 0 Å². The average molecular weight is 466 g/mol. The van der Waals surface area contributed by atoms with E-state index < -0.39 is 0 Å². The standard InChI is InChI=1S/C26H31N3O3S/c30-24-22-14-21(25(31)28-12-8-18-6-2-3-7-19(18)16-28)15-23(22)29(11-5-1-4-10-27-24)26(32)20-9-13-33-17-20/h2-3,6-7,9,13,17,21-23H,1,4-5,8,10-12,14-16H2,(H,27,30). The van der Waals surface area contributed by atoms with Crippen molar-refractivity contribution in [1.29, 1.82) is 0 Å². The zero-order valence-corrected chi connectivity index (χ0v) is 19.7. The lowest BCUT2D eigenvalue weighted by Crippen LogP contribution is -2.48. The van der Waals surface area contributed by atoms with E-state index in [0.29, 0.717) is 44.6 Å². The zero-order chi connectivity index (χ0) is 22.8. The first-order valence-corrected chi connectivity index (χ1v) is 13.0. The highest BCUT2D eigenvalue weighted by molar-refractivity contribution is 7.08. The number of carbonyl (C=O) groups is 3. The van der Waals surface area contributed by atoms with Crippen LogP contribution in [0.5, 0.6) is 0 Å². The van der Waals surface area contributed by atoms with Gasteiger partial charge >= 0.3 is 0 Å². The first-order valence-electron chi connectivity index (χ1n) is 12.1. The van der Waals surface area contributed by atoms with Crippen molar-refractivity contribution in [1.82, 2.24) is 15.1 Å². The highest BCUT2D eigenvalue weighted by Crippen LogP contribution is 2.38. The van der Waals surface area contributed by atoms with Crippen molar-refractivity contribution in [3.8, 4) is 0 Å². The molecule has 3 amide bonds. The zero-order valence-electron chi connectivity index (χ0n) is 18.9. The van der Waals surface area contributed by atoms with Crippen molar-refractivity contribution in [2.75, 3.05) is 19.6 Å². The molecule has 1 aromatic carbocycles. The fraction of sp³-hybridized carbons (Fsp3) is 0.500. The molecule has 2 fully saturated rings. The average Bonchev–Trinajstić information content (AvgIpc) is 3.53. The van der Waals surface area contributed by atoms with Gasteiger partial charge in [0.2, 0.25) is 11.8 Å². The van der Waals surface area contributed by atoms with Crippen molar-refractivity contribution in [3.63, 3.8) is 0 Å². The van der Waals surface area contributed by atoms with E-state index in [-0.39, 0.29) is 35.6 Å². The number of carbonyl (C=O) groups excluding carboxylic acids is 3. The van der Waals surface area contributed by atoms with Gasteiger partial charge in [0.05, 0.1) is 11.5 Å². The summed E-state index contributed by atoms with van der Waals surface area (Å²) in [5.74, 6) is -0.460. The summed E-state index contributed by atoms with van der Waals surface area (Å²) in [5.41, 5.74) is 3.20. The van der Waals surface area contributed by atoms with Gasteiger partial charge in [-0.05, 0) is 61.1 Å². The molecular weight excluding hydrogens is 434 g/mol. The van der Waals surface area contributed by atoms with Gasteiger partial charge in [-0.15, -0.1) is 0 Å². The predicted molar refractivity (Wildman–Crippen MR) is 128 cm³/mol. The summed E-state index contributed by atoms with van der Waals surface area (Å²) in [5, 5.41) is 6.85. The summed E-state index contributed by atoms with van der Waals surface area (Å²) >= 11 is 1.51. The third-order valence-electron chi connectivity index (χ3n) is 7.46. The number of benzene rings is 1. The fourth-order valence-electron chi connectivity index (χ4n) is 5.68. The Morgan fingerprint density at radius 3 is 2.67 bits per heavy atom. The molecule has 3 unspecified atom stereocenters. The summed E-state index contributed by atoms with van der Waals surface area (Å²) in [4.78, 5) is 43.9. The van der Waals surface area contributed by atoms with Gasteiger partial charge in [0.25, 0.3) is 5.91 Å². The maximum absolute atomic E-state index is 13.6. The molecule has 0 bridgehead atoms. The summed E-state index contributed by atoms with van der Waals surface area (Å²) in [6.07, 6.45) is 4.74. The van der Waals surface area contributed by atoms with Crippen molar-refractivity contribution in [2.45, 2.75) is 51.1 Å². The SMILES string of the molecule is O=C1NCCCCCN(C(=O)c2ccsc2)C2CC(C(=O)N3CCc4ccccc4C3)CC12. The molecule has 1 N–H and O–H groups in total. The highest BCUT2D eigenvalue weighted by atomic mass is 32.1. The second-order valence-corrected chi connectivity index (χ2v) is 10.3. The molecular formula is C26H31N3O3S. The van der Waals surface area contributed by atoms with Crippen LogP contribution in [0.1, 0.15) is 53.6 Å². The van der Waals surface area contributed by atoms with Gasteiger partial charge in [0.1, 0.15) is 0 Å². The largest absolute Gasteiger partial charge is 0.356 e. The highest BCUT2D eigenvalue weighted by Gasteiger charge is 2.46. The fourth-order valence-corrected chi connectivity index (χ4v) is 6.31. The Hall–Kier alpha value is -2.67. The number of amides is 3. The second kappa shape index (κ2) is 9.67. The molecule has 5 rings (SSSR count). The summed E-state index contributed by atoms with van der Waals surface area (Å²) < 4.78 is 0. The predicted octanol–water partition coefficient (Wildman–Crippen LogP) is 3.47. The Morgan fingerprint density at radius 1 is 1.00 bits per heavy atom. The first-order chi connectivity index (χ1) is 16.1. The summed E-state index contributed by atoms with van der Waals surface area (Å²) in [6, 6.07) is 9.92. The van der Waals surface area contributed by atoms with Crippen LogP contribution in [0.15, 0.2) is 41.1 Å². The van der Waals surface area contributed by atoms with Crippen molar-refractivity contribution >= 4 is 29.1 Å². The summed E-state index contributed by atoms with van der Waals surface area (Å²) in [6.45, 7) is 2.65. The van der Waals surface area contributed by atoms with E-state index in [1.54, 1.807) is 0 Å². The molecule has 1 saturated heterocycles. The molecule has 33 heavy (non-hydrogen) atoms. The van der Waals surface area contributed by atoms with Gasteiger partial charge in [-0.2, -0.15) is 11.3 Å². The third kappa shape index (κ3) is 4.56. The minimum atomic E-state index is -0.336. The van der Waals surface area contributed by atoms with E-state index in [9.17, 15) is 14.4 Å². The van der Waals surface area contributed by atoms with Gasteiger partial charge < -0.3 is 15.1 Å². The van der Waals surface area contributed by atoms with Crippen LogP contribution in [0.4, 0.5) is 0 Å². The molecule has 2 aromatic rings. The molecule has 6 nitrogen and oxygen atoms in total. The van der Waals surface area contributed by atoms with Crippen LogP contribution >= 0.6 is 11.3 Å². The van der Waals surface area contributed by atoms with E-state index in [0.717, 1.165) is 25.7 Å². The van der Waals surface area contributed by atoms with Gasteiger partial charge in [-0.3, -0.25) is 14.4 Å². The Kier molecular flexibility index (Phi) is 6.49. The molecule has 7 heteroatoms. The molecule has 0 radical (unpaired) electrons. The molecule has 1 aromatic heterocycles. The molecule has 3 heterocycles. The summed E-state index contributed by atoms with van der Waals surface area (Å²) in [7, 11) is 0. The number of fused-ring (bicyclic) bond motifs is 2. The van der Waals surface area contributed by atoms with Crippen LogP contribution < -0.4 is 5.32 Å². The van der Waals surface area contributed by atoms with Gasteiger partial charge in [-0.1, -0.05) is 24.3 Å². The van der Waals surface area contributed by atoms with Crippen LogP contribution in [-0.2, 0) is 22.6 Å². The minimum Gasteiger partial charge on any atom is -0.356 e. The van der Waals surface area contributed by atoms with Crippen molar-refractivity contribution in [2.24, 2.45) is 11.8 Å². The maximum Gasteiger partial charge on any atom is 0.254 e. The second-order valence-electron chi connectivity index (χ2n) is 9.48. The Morgan fingerprint density at radius 2 is 1.85 bits per heavy atom. The molecule has 1 aliphatic carbocycles. The monoisotopic (exact) mass is 465 g/mol. The Bertz CT molecular complexity index is 1020. The Labute approximate surface area is 199 Å². The van der Waals surface area contributed by atoms with Gasteiger partial charge in [0, 0.05) is 43.5 Å². The lowest BCUT2D eigenvalue weighted by molar-refractivity contribution is -0.136. The van der Waals surface area contributed by atoms with Gasteiger partial charge in [0.15, 0.2) is 0 Å². The van der Waals surface area contributed by atoms with Crippen LogP contribution in [0, 0.1) is 11.8 Å². The van der Waals surface area contributed by atoms with E-state index in [2.05, 4.69) is 17.4 Å². The topological polar surface area (TPSA) is 69.7 Å². The normalized spacial score (nSPS) is 25.7. The number of hydrogen-bond acceptors (Lipinski definition) is 4. The number of rotatable bonds is 2. The van der Waals surface area contributed by atoms with Crippen LogP contribution in [-0.4, -0.2) is 53.2 Å². The number of nitrogens with one attached hydrogen (secondary N) is 1. The number of nitrogens with zero attached hydrogens (tertiary/aromatic N) is 2. The van der Waals surface area contributed by atoms with Crippen LogP contribution in [0.2, 0.25) is 0 Å². The van der Waals surface area contributed by atoms with E-state index in [1.807, 2.05) is 38.8 Å². The van der Waals surface area contributed by atoms with Crippen molar-refractivity contribution in [3.05, 3.63) is 57.8 Å². The maximum atomic E-state index is 13.6. The van der Waals surface area contributed by atoms with Crippen LogP contribution in [0.25, 0.3) is 0 Å². The first kappa shape index (κ1) is 22.1. The third-order valence-corrected chi connectivity index (χ3v) is 8.14. The molecule has 3 atom stereocenters. The lowest BCUT2D eigenvalue weighted by Gasteiger charge is -2.34. The van der Waals surface area contributed by atoms with Gasteiger partial charge in [-0.25, -0.2) is 0 Å². The molecule has 0 spiro atoms. The molecule has 1 saturated carbocycles. The molecule has 3 aliphatic rings. The quantitative estimate of drug-likeness (QED) is 0.738. The van der Waals surface area contributed by atoms with E-state index in [1.165, 1.54) is 22.5 Å². The minimum absolute atomic E-state index is 0.00990. The van der Waals surface area contributed by atoms with Crippen molar-refractivity contribution < 1.29 is 14.4 Å². The number of thiophene rings is 1. The molecule has 174 valence electrons. The Balaban J connectivity index is 1.37. The lowest BCUT2D eigenvalue weighted by atomic mass is 9.97. The van der Waals surface area contributed by atoms with E-state index in [4.69, 9.17) is 0 Å². The smallest absolute Gasteiger partial charge is 0.254 e. The number of hydrogen-bond donors (Lipinski definition) is 1. The van der Waals surface area contributed by atoms with E-state index >= 15 is 0 Å².